The van der Waals surface area contributed by atoms with Gasteiger partial charge in [0, 0.05) is 0 Å². The zero-order chi connectivity index (χ0) is 14.6. The molecule has 0 aliphatic rings. The highest BCUT2D eigenvalue weighted by atomic mass is 16.5. The molecule has 1 aromatic rings. The Morgan fingerprint density at radius 1 is 1.26 bits per heavy atom. The summed E-state index contributed by atoms with van der Waals surface area (Å²) in [5.41, 5.74) is 2.98. The van der Waals surface area contributed by atoms with Gasteiger partial charge in [0.1, 0.15) is 5.75 Å². The van der Waals surface area contributed by atoms with Gasteiger partial charge in [0.05, 0.1) is 12.0 Å². The lowest BCUT2D eigenvalue weighted by molar-refractivity contribution is -0.307. The van der Waals surface area contributed by atoms with E-state index in [4.69, 9.17) is 4.74 Å². The number of aliphatic carboxylic acids is 1. The summed E-state index contributed by atoms with van der Waals surface area (Å²) >= 11 is 0. The van der Waals surface area contributed by atoms with Crippen LogP contribution in [0, 0.1) is 20.8 Å². The molecule has 0 spiro atoms. The van der Waals surface area contributed by atoms with Gasteiger partial charge in [-0.25, -0.2) is 0 Å². The molecule has 5 heteroatoms. The average Bonchev–Trinajstić information content (AvgIpc) is 2.33. The van der Waals surface area contributed by atoms with Gasteiger partial charge in [0.15, 0.2) is 6.61 Å². The molecule has 0 fully saturated rings. The van der Waals surface area contributed by atoms with Gasteiger partial charge in [-0.1, -0.05) is 12.1 Å². The predicted octanol–water partition coefficient (Wildman–Crippen LogP) is 0.245. The second kappa shape index (κ2) is 6.22. The number of ether oxygens (including phenoxy) is 1. The molecule has 1 amide bonds. The van der Waals surface area contributed by atoms with Crippen molar-refractivity contribution in [2.24, 2.45) is 0 Å². The van der Waals surface area contributed by atoms with Crippen LogP contribution in [0.3, 0.4) is 0 Å². The molecule has 0 aliphatic heterocycles. The number of rotatable bonds is 5. The van der Waals surface area contributed by atoms with Gasteiger partial charge in [0.2, 0.25) is 0 Å². The van der Waals surface area contributed by atoms with Crippen LogP contribution in [0.15, 0.2) is 12.1 Å². The number of aryl methyl sites for hydroxylation is 2. The Bertz CT molecular complexity index is 496. The van der Waals surface area contributed by atoms with Crippen LogP contribution in [-0.4, -0.2) is 24.5 Å². The highest BCUT2D eigenvalue weighted by molar-refractivity contribution is 5.83. The Morgan fingerprint density at radius 2 is 1.84 bits per heavy atom. The summed E-state index contributed by atoms with van der Waals surface area (Å²) in [5.74, 6) is -1.15. The number of benzene rings is 1. The molecule has 0 heterocycles. The molecule has 104 valence electrons. The lowest BCUT2D eigenvalue weighted by atomic mass is 10.1. The highest BCUT2D eigenvalue weighted by Gasteiger charge is 2.11. The standard InChI is InChI=1S/C14H19NO4/c1-8-5-6-9(2)13(10(8)3)19-7-12(16)15-11(4)14(17)18/h5-6,11H,7H2,1-4H3,(H,15,16)(H,17,18)/p-1/t11-/m1/s1. The second-order valence-electron chi connectivity index (χ2n) is 4.55. The summed E-state index contributed by atoms with van der Waals surface area (Å²) in [6.07, 6.45) is 0. The summed E-state index contributed by atoms with van der Waals surface area (Å²) in [6.45, 7) is 6.89. The van der Waals surface area contributed by atoms with Crippen LogP contribution in [0.2, 0.25) is 0 Å². The third kappa shape index (κ3) is 3.98. The lowest BCUT2D eigenvalue weighted by Crippen LogP contribution is -2.47. The molecule has 1 N–H and O–H groups in total. The van der Waals surface area contributed by atoms with Crippen LogP contribution in [0.4, 0.5) is 0 Å². The molecule has 0 saturated carbocycles. The maximum absolute atomic E-state index is 11.5. The van der Waals surface area contributed by atoms with E-state index in [1.54, 1.807) is 0 Å². The molecular weight excluding hydrogens is 246 g/mol. The van der Waals surface area contributed by atoms with E-state index in [1.165, 1.54) is 6.92 Å². The van der Waals surface area contributed by atoms with Crippen LogP contribution in [0.25, 0.3) is 0 Å². The predicted molar refractivity (Wildman–Crippen MR) is 68.8 cm³/mol. The van der Waals surface area contributed by atoms with Gasteiger partial charge in [-0.2, -0.15) is 0 Å². The van der Waals surface area contributed by atoms with E-state index in [2.05, 4.69) is 5.32 Å². The van der Waals surface area contributed by atoms with Gasteiger partial charge in [-0.05, 0) is 44.4 Å². The van der Waals surface area contributed by atoms with Crippen LogP contribution in [-0.2, 0) is 9.59 Å². The summed E-state index contributed by atoms with van der Waals surface area (Å²) in [5, 5.41) is 12.8. The van der Waals surface area contributed by atoms with Gasteiger partial charge < -0.3 is 20.0 Å². The molecule has 1 atom stereocenters. The van der Waals surface area contributed by atoms with E-state index in [-0.39, 0.29) is 6.61 Å². The topological polar surface area (TPSA) is 78.5 Å². The number of hydrogen-bond acceptors (Lipinski definition) is 4. The maximum atomic E-state index is 11.5. The molecule has 19 heavy (non-hydrogen) atoms. The van der Waals surface area contributed by atoms with E-state index in [9.17, 15) is 14.7 Å². The number of carboxylic acid groups (broad SMARTS) is 1. The third-order valence-electron chi connectivity index (χ3n) is 2.95. The second-order valence-corrected chi connectivity index (χ2v) is 4.55. The molecule has 5 nitrogen and oxygen atoms in total. The molecule has 0 unspecified atom stereocenters. The van der Waals surface area contributed by atoms with Gasteiger partial charge in [-0.15, -0.1) is 0 Å². The first-order valence-electron chi connectivity index (χ1n) is 6.02. The molecule has 0 bridgehead atoms. The maximum Gasteiger partial charge on any atom is 0.258 e. The molecule has 0 aliphatic carbocycles. The smallest absolute Gasteiger partial charge is 0.258 e. The zero-order valence-electron chi connectivity index (χ0n) is 11.6. The van der Waals surface area contributed by atoms with E-state index in [1.807, 2.05) is 32.9 Å². The minimum atomic E-state index is -1.32. The lowest BCUT2D eigenvalue weighted by Gasteiger charge is -2.17. The quantitative estimate of drug-likeness (QED) is 0.826. The van der Waals surface area contributed by atoms with E-state index in [0.717, 1.165) is 16.7 Å². The minimum absolute atomic E-state index is 0.219. The summed E-state index contributed by atoms with van der Waals surface area (Å²) in [4.78, 5) is 22.0. The number of hydrogen-bond donors (Lipinski definition) is 1. The van der Waals surface area contributed by atoms with Crippen molar-refractivity contribution in [3.63, 3.8) is 0 Å². The fraction of sp³-hybridized carbons (Fsp3) is 0.429. The van der Waals surface area contributed by atoms with Gasteiger partial charge in [0.25, 0.3) is 5.91 Å². The molecular formula is C14H18NO4-. The highest BCUT2D eigenvalue weighted by Crippen LogP contribution is 2.25. The first-order chi connectivity index (χ1) is 8.82. The fourth-order valence-corrected chi connectivity index (χ4v) is 1.63. The van der Waals surface area contributed by atoms with Crippen molar-refractivity contribution in [3.05, 3.63) is 28.8 Å². The monoisotopic (exact) mass is 264 g/mol. The Balaban J connectivity index is 2.65. The number of carbonyl (C=O) groups excluding carboxylic acids is 2. The van der Waals surface area contributed by atoms with Crippen molar-refractivity contribution >= 4 is 11.9 Å². The first-order valence-corrected chi connectivity index (χ1v) is 6.02. The fourth-order valence-electron chi connectivity index (χ4n) is 1.63. The molecule has 1 rings (SSSR count). The summed E-state index contributed by atoms with van der Waals surface area (Å²) in [6, 6.07) is 2.87. The van der Waals surface area contributed by atoms with Crippen molar-refractivity contribution in [1.29, 1.82) is 0 Å². The number of carbonyl (C=O) groups is 2. The van der Waals surface area contributed by atoms with Crippen LogP contribution < -0.4 is 15.2 Å². The Morgan fingerprint density at radius 3 is 2.42 bits per heavy atom. The number of nitrogens with one attached hydrogen (secondary N) is 1. The number of carboxylic acids is 1. The first kappa shape index (κ1) is 15.0. The van der Waals surface area contributed by atoms with Crippen LogP contribution >= 0.6 is 0 Å². The normalized spacial score (nSPS) is 11.8. The van der Waals surface area contributed by atoms with E-state index in [0.29, 0.717) is 5.75 Å². The Kier molecular flexibility index (Phi) is 4.92. The average molecular weight is 264 g/mol. The molecule has 1 aromatic carbocycles. The molecule has 0 aromatic heterocycles. The van der Waals surface area contributed by atoms with Crippen LogP contribution in [0.1, 0.15) is 23.6 Å². The van der Waals surface area contributed by atoms with E-state index < -0.39 is 17.9 Å². The van der Waals surface area contributed by atoms with Crippen LogP contribution in [0.5, 0.6) is 5.75 Å². The van der Waals surface area contributed by atoms with Gasteiger partial charge >= 0.3 is 0 Å². The third-order valence-corrected chi connectivity index (χ3v) is 2.95. The Hall–Kier alpha value is -2.04. The molecule has 0 radical (unpaired) electrons. The minimum Gasteiger partial charge on any atom is -0.548 e. The summed E-state index contributed by atoms with van der Waals surface area (Å²) in [7, 11) is 0. The van der Waals surface area contributed by atoms with Crippen molar-refractivity contribution < 1.29 is 19.4 Å². The SMILES string of the molecule is Cc1ccc(C)c(OCC(=O)N[C@H](C)C(=O)[O-])c1C. The summed E-state index contributed by atoms with van der Waals surface area (Å²) < 4.78 is 5.47. The molecule has 0 saturated heterocycles. The van der Waals surface area contributed by atoms with Crippen molar-refractivity contribution in [1.82, 2.24) is 5.32 Å². The van der Waals surface area contributed by atoms with Gasteiger partial charge in [-0.3, -0.25) is 4.79 Å². The largest absolute Gasteiger partial charge is 0.548 e. The van der Waals surface area contributed by atoms with E-state index >= 15 is 0 Å². The van der Waals surface area contributed by atoms with Crippen molar-refractivity contribution in [2.75, 3.05) is 6.61 Å². The van der Waals surface area contributed by atoms with Crippen molar-refractivity contribution in [3.8, 4) is 5.75 Å². The van der Waals surface area contributed by atoms with Crippen molar-refractivity contribution in [2.45, 2.75) is 33.7 Å². The zero-order valence-corrected chi connectivity index (χ0v) is 11.6. The number of amides is 1. The Labute approximate surface area is 112 Å².